The molecule has 0 aliphatic carbocycles. The first kappa shape index (κ1) is 23.3. The van der Waals surface area contributed by atoms with E-state index in [1.54, 1.807) is 4.90 Å². The third-order valence-electron chi connectivity index (χ3n) is 6.78. The quantitative estimate of drug-likeness (QED) is 0.518. The van der Waals surface area contributed by atoms with E-state index in [1.807, 2.05) is 31.2 Å². The predicted octanol–water partition coefficient (Wildman–Crippen LogP) is 2.66. The molecule has 2 amide bonds. The number of hydrogen-bond acceptors (Lipinski definition) is 5. The molecule has 1 aromatic carbocycles. The second kappa shape index (κ2) is 9.65. The number of aryl methyl sites for hydroxylation is 1. The summed E-state index contributed by atoms with van der Waals surface area (Å²) in [5.41, 5.74) is 5.35. The molecule has 2 aromatic rings. The van der Waals surface area contributed by atoms with Crippen molar-refractivity contribution in [2.24, 2.45) is 0 Å². The van der Waals surface area contributed by atoms with Crippen molar-refractivity contribution in [2.45, 2.75) is 25.9 Å². The lowest BCUT2D eigenvalue weighted by Crippen LogP contribution is -2.46. The Morgan fingerprint density at radius 3 is 2.79 bits per heavy atom. The zero-order valence-electron chi connectivity index (χ0n) is 19.2. The molecule has 9 heteroatoms. The number of hydrogen-bond donors (Lipinski definition) is 3. The molecule has 5 rings (SSSR count). The van der Waals surface area contributed by atoms with Gasteiger partial charge in [0, 0.05) is 59.8 Å². The molecule has 0 spiro atoms. The van der Waals surface area contributed by atoms with Crippen molar-refractivity contribution in [3.63, 3.8) is 0 Å². The molecule has 4 heterocycles. The SMILES string of the molecule is Cc1c(/C=C2\C(=O)Nc3ccc(Br)cc32)[nH]c2c1C(=O)N(C[C@H](O)CN1CCOCC1)CCC2. The first-order chi connectivity index (χ1) is 16.4. The highest BCUT2D eigenvalue weighted by Crippen LogP contribution is 2.36. The van der Waals surface area contributed by atoms with E-state index in [4.69, 9.17) is 4.74 Å². The Labute approximate surface area is 207 Å². The van der Waals surface area contributed by atoms with Crippen LogP contribution in [0.25, 0.3) is 11.6 Å². The molecule has 3 aliphatic rings. The zero-order chi connectivity index (χ0) is 23.8. The van der Waals surface area contributed by atoms with Gasteiger partial charge in [0.25, 0.3) is 11.8 Å². The minimum Gasteiger partial charge on any atom is -0.390 e. The summed E-state index contributed by atoms with van der Waals surface area (Å²) in [6, 6.07) is 5.69. The maximum Gasteiger partial charge on any atom is 0.256 e. The predicted molar refractivity (Wildman–Crippen MR) is 134 cm³/mol. The summed E-state index contributed by atoms with van der Waals surface area (Å²) in [6.45, 7) is 6.34. The van der Waals surface area contributed by atoms with Gasteiger partial charge in [-0.25, -0.2) is 0 Å². The molecule has 1 atom stereocenters. The molecule has 3 aliphatic heterocycles. The van der Waals surface area contributed by atoms with E-state index in [1.165, 1.54) is 0 Å². The molecule has 8 nitrogen and oxygen atoms in total. The van der Waals surface area contributed by atoms with Crippen molar-refractivity contribution in [1.29, 1.82) is 0 Å². The second-order valence-electron chi connectivity index (χ2n) is 9.14. The van der Waals surface area contributed by atoms with Crippen LogP contribution in [0, 0.1) is 6.92 Å². The standard InChI is InChI=1S/C25H29BrN4O4/c1-15-22(12-19-18-11-16(26)4-5-20(18)28-24(19)32)27-21-3-2-6-30(25(33)23(15)21)14-17(31)13-29-7-9-34-10-8-29/h4-5,11-12,17,27,31H,2-3,6-10,13-14H2,1H3,(H,28,32)/b19-12-/t17-/m1/s1. The fourth-order valence-corrected chi connectivity index (χ4v) is 5.38. The van der Waals surface area contributed by atoms with Crippen LogP contribution in [-0.4, -0.2) is 83.7 Å². The third kappa shape index (κ3) is 4.57. The Balaban J connectivity index is 1.38. The molecule has 0 radical (unpaired) electrons. The lowest BCUT2D eigenvalue weighted by Gasteiger charge is -2.31. The molecular formula is C25H29BrN4O4. The monoisotopic (exact) mass is 528 g/mol. The van der Waals surface area contributed by atoms with Gasteiger partial charge in [-0.3, -0.25) is 14.5 Å². The highest BCUT2D eigenvalue weighted by Gasteiger charge is 2.30. The first-order valence-electron chi connectivity index (χ1n) is 11.7. The number of aromatic amines is 1. The van der Waals surface area contributed by atoms with Crippen LogP contribution in [0.15, 0.2) is 22.7 Å². The topological polar surface area (TPSA) is 97.9 Å². The van der Waals surface area contributed by atoms with Gasteiger partial charge in [0.2, 0.25) is 0 Å². The van der Waals surface area contributed by atoms with E-state index < -0.39 is 6.10 Å². The number of rotatable bonds is 5. The summed E-state index contributed by atoms with van der Waals surface area (Å²) in [5, 5.41) is 13.6. The number of ether oxygens (including phenoxy) is 1. The number of β-amino-alcohol motifs (C(OH)–C–C–N with tert-alkyl or cyclic N) is 1. The van der Waals surface area contributed by atoms with E-state index in [0.29, 0.717) is 44.0 Å². The number of aromatic nitrogens is 1. The molecule has 1 saturated heterocycles. The van der Waals surface area contributed by atoms with Crippen molar-refractivity contribution in [3.05, 3.63) is 50.8 Å². The first-order valence-corrected chi connectivity index (χ1v) is 12.5. The number of nitrogens with zero attached hydrogens (tertiary/aromatic N) is 2. The second-order valence-corrected chi connectivity index (χ2v) is 10.1. The van der Waals surface area contributed by atoms with Gasteiger partial charge in [-0.1, -0.05) is 15.9 Å². The Morgan fingerprint density at radius 2 is 2.00 bits per heavy atom. The van der Waals surface area contributed by atoms with Crippen LogP contribution in [0.3, 0.4) is 0 Å². The number of halogens is 1. The van der Waals surface area contributed by atoms with Crippen LogP contribution in [0.5, 0.6) is 0 Å². The summed E-state index contributed by atoms with van der Waals surface area (Å²) < 4.78 is 6.27. The van der Waals surface area contributed by atoms with Crippen molar-refractivity contribution in [2.75, 3.05) is 51.3 Å². The number of aliphatic hydroxyl groups excluding tert-OH is 1. The van der Waals surface area contributed by atoms with Gasteiger partial charge >= 0.3 is 0 Å². The Hall–Kier alpha value is -2.46. The fourth-order valence-electron chi connectivity index (χ4n) is 5.02. The number of carbonyl (C=O) groups is 2. The maximum atomic E-state index is 13.5. The van der Waals surface area contributed by atoms with Gasteiger partial charge < -0.3 is 25.0 Å². The Morgan fingerprint density at radius 1 is 1.21 bits per heavy atom. The van der Waals surface area contributed by atoms with Gasteiger partial charge in [0.15, 0.2) is 0 Å². The molecule has 0 bridgehead atoms. The zero-order valence-corrected chi connectivity index (χ0v) is 20.8. The number of H-pyrrole nitrogens is 1. The van der Waals surface area contributed by atoms with E-state index in [9.17, 15) is 14.7 Å². The van der Waals surface area contributed by atoms with Crippen LogP contribution in [0.1, 0.15) is 39.3 Å². The van der Waals surface area contributed by atoms with Crippen LogP contribution < -0.4 is 5.32 Å². The number of anilines is 1. The van der Waals surface area contributed by atoms with E-state index in [2.05, 4.69) is 31.1 Å². The smallest absolute Gasteiger partial charge is 0.256 e. The highest BCUT2D eigenvalue weighted by molar-refractivity contribution is 9.10. The number of benzene rings is 1. The molecule has 180 valence electrons. The van der Waals surface area contributed by atoms with Gasteiger partial charge in [-0.15, -0.1) is 0 Å². The number of carbonyl (C=O) groups excluding carboxylic acids is 2. The highest BCUT2D eigenvalue weighted by atomic mass is 79.9. The van der Waals surface area contributed by atoms with Crippen LogP contribution in [0.4, 0.5) is 5.69 Å². The normalized spacial score (nSPS) is 20.8. The van der Waals surface area contributed by atoms with E-state index in [-0.39, 0.29) is 11.8 Å². The average Bonchev–Trinajstić information content (AvgIpc) is 3.23. The van der Waals surface area contributed by atoms with Gasteiger partial charge in [0.1, 0.15) is 0 Å². The summed E-state index contributed by atoms with van der Waals surface area (Å²) in [5.74, 6) is -0.220. The minimum atomic E-state index is -0.610. The third-order valence-corrected chi connectivity index (χ3v) is 7.27. The van der Waals surface area contributed by atoms with Crippen molar-refractivity contribution in [1.82, 2.24) is 14.8 Å². The van der Waals surface area contributed by atoms with Crippen molar-refractivity contribution >= 4 is 45.1 Å². The van der Waals surface area contributed by atoms with Crippen LogP contribution >= 0.6 is 15.9 Å². The van der Waals surface area contributed by atoms with Crippen molar-refractivity contribution < 1.29 is 19.4 Å². The number of nitrogens with one attached hydrogen (secondary N) is 2. The molecule has 1 fully saturated rings. The summed E-state index contributed by atoms with van der Waals surface area (Å²) in [7, 11) is 0. The molecular weight excluding hydrogens is 500 g/mol. The van der Waals surface area contributed by atoms with Crippen molar-refractivity contribution in [3.8, 4) is 0 Å². The molecule has 3 N–H and O–H groups in total. The lowest BCUT2D eigenvalue weighted by molar-refractivity contribution is -0.110. The summed E-state index contributed by atoms with van der Waals surface area (Å²) in [6.07, 6.45) is 2.79. The fraction of sp³-hybridized carbons (Fsp3) is 0.440. The van der Waals surface area contributed by atoms with Gasteiger partial charge in [-0.05, 0) is 49.6 Å². The number of morpholine rings is 1. The van der Waals surface area contributed by atoms with E-state index >= 15 is 0 Å². The molecule has 0 unspecified atom stereocenters. The molecule has 34 heavy (non-hydrogen) atoms. The number of amides is 2. The maximum absolute atomic E-state index is 13.5. The van der Waals surface area contributed by atoms with Crippen LogP contribution in [0.2, 0.25) is 0 Å². The van der Waals surface area contributed by atoms with Crippen LogP contribution in [-0.2, 0) is 16.0 Å². The summed E-state index contributed by atoms with van der Waals surface area (Å²) in [4.78, 5) is 33.5. The van der Waals surface area contributed by atoms with E-state index in [0.717, 1.165) is 58.6 Å². The lowest BCUT2D eigenvalue weighted by atomic mass is 10.0. The summed E-state index contributed by atoms with van der Waals surface area (Å²) >= 11 is 3.48. The number of aliphatic hydroxyl groups is 1. The minimum absolute atomic E-state index is 0.0639. The Kier molecular flexibility index (Phi) is 6.61. The Bertz CT molecular complexity index is 1150. The molecule has 0 saturated carbocycles. The largest absolute Gasteiger partial charge is 0.390 e. The van der Waals surface area contributed by atoms with Gasteiger partial charge in [-0.2, -0.15) is 0 Å². The number of fused-ring (bicyclic) bond motifs is 2. The molecule has 1 aromatic heterocycles. The van der Waals surface area contributed by atoms with Gasteiger partial charge in [0.05, 0.1) is 30.5 Å². The average molecular weight is 529 g/mol.